The number of unbranched alkanes of at least 4 members (excludes halogenated alkanes) is 4. The van der Waals surface area contributed by atoms with Crippen molar-refractivity contribution in [2.24, 2.45) is 0 Å². The van der Waals surface area contributed by atoms with Crippen LogP contribution in [0.2, 0.25) is 0 Å². The summed E-state index contributed by atoms with van der Waals surface area (Å²) in [6.07, 6.45) is 6.62. The van der Waals surface area contributed by atoms with Crippen LogP contribution in [0, 0.1) is 0 Å². The van der Waals surface area contributed by atoms with Crippen LogP contribution in [0.5, 0.6) is 11.5 Å². The summed E-state index contributed by atoms with van der Waals surface area (Å²) in [5.74, 6) is 1.42. The van der Waals surface area contributed by atoms with E-state index in [1.165, 1.54) is 19.3 Å². The molecule has 7 heteroatoms. The fraction of sp³-hybridized carbons (Fsp3) is 0.536. The number of benzene rings is 2. The summed E-state index contributed by atoms with van der Waals surface area (Å²) < 4.78 is 21.7. The molecule has 0 fully saturated rings. The Bertz CT molecular complexity index is 828. The molecule has 0 atom stereocenters. The SMILES string of the molecule is CCCCCCCN(Cc1ccc(OCOCCOC)cc1)C(=O)Nc1ccccc1OCCC. The molecule has 0 aromatic heterocycles. The van der Waals surface area contributed by atoms with Crippen LogP contribution in [0.1, 0.15) is 57.9 Å². The number of ether oxygens (including phenoxy) is 4. The van der Waals surface area contributed by atoms with Gasteiger partial charge >= 0.3 is 6.03 Å². The number of hydrogen-bond acceptors (Lipinski definition) is 5. The highest BCUT2D eigenvalue weighted by Crippen LogP contribution is 2.25. The molecule has 194 valence electrons. The maximum absolute atomic E-state index is 13.3. The standard InChI is InChI=1S/C28H42N2O5/c1-4-6-7-8-11-18-30(28(31)29-26-12-9-10-13-27(26)34-19-5-2)22-24-14-16-25(17-15-24)35-23-33-21-20-32-3/h9-10,12-17H,4-8,11,18-23H2,1-3H3,(H,29,31). The number of nitrogens with one attached hydrogen (secondary N) is 1. The molecule has 2 aromatic carbocycles. The summed E-state index contributed by atoms with van der Waals surface area (Å²) in [7, 11) is 1.64. The highest BCUT2D eigenvalue weighted by molar-refractivity contribution is 5.91. The van der Waals surface area contributed by atoms with E-state index in [0.29, 0.717) is 44.3 Å². The van der Waals surface area contributed by atoms with Crippen molar-refractivity contribution in [3.8, 4) is 11.5 Å². The minimum atomic E-state index is -0.125. The van der Waals surface area contributed by atoms with Gasteiger partial charge in [-0.1, -0.05) is 63.8 Å². The van der Waals surface area contributed by atoms with Gasteiger partial charge in [0.1, 0.15) is 11.5 Å². The minimum Gasteiger partial charge on any atom is -0.491 e. The molecule has 0 spiro atoms. The third kappa shape index (κ3) is 11.5. The summed E-state index contributed by atoms with van der Waals surface area (Å²) in [6.45, 7) is 7.29. The number of carbonyl (C=O) groups excluding carboxylic acids is 1. The highest BCUT2D eigenvalue weighted by atomic mass is 16.7. The van der Waals surface area contributed by atoms with Crippen molar-refractivity contribution in [3.63, 3.8) is 0 Å². The van der Waals surface area contributed by atoms with Gasteiger partial charge in [-0.05, 0) is 42.7 Å². The molecule has 1 N–H and O–H groups in total. The van der Waals surface area contributed by atoms with E-state index < -0.39 is 0 Å². The zero-order valence-electron chi connectivity index (χ0n) is 21.6. The molecule has 0 unspecified atom stereocenters. The third-order valence-electron chi connectivity index (χ3n) is 5.45. The Morgan fingerprint density at radius 2 is 1.63 bits per heavy atom. The first-order valence-corrected chi connectivity index (χ1v) is 12.7. The number of anilines is 1. The maximum atomic E-state index is 13.3. The molecule has 35 heavy (non-hydrogen) atoms. The topological polar surface area (TPSA) is 69.3 Å². The van der Waals surface area contributed by atoms with Crippen LogP contribution in [0.4, 0.5) is 10.5 Å². The van der Waals surface area contributed by atoms with Gasteiger partial charge in [0.25, 0.3) is 0 Å². The van der Waals surface area contributed by atoms with Gasteiger partial charge in [-0.2, -0.15) is 0 Å². The van der Waals surface area contributed by atoms with Crippen molar-refractivity contribution in [3.05, 3.63) is 54.1 Å². The Morgan fingerprint density at radius 1 is 0.857 bits per heavy atom. The summed E-state index contributed by atoms with van der Waals surface area (Å²) >= 11 is 0. The van der Waals surface area contributed by atoms with Gasteiger partial charge in [0.15, 0.2) is 6.79 Å². The van der Waals surface area contributed by atoms with E-state index in [9.17, 15) is 4.79 Å². The molecule has 2 amide bonds. The minimum absolute atomic E-state index is 0.125. The van der Waals surface area contributed by atoms with Gasteiger partial charge in [-0.15, -0.1) is 0 Å². The number of rotatable bonds is 18. The third-order valence-corrected chi connectivity index (χ3v) is 5.45. The average molecular weight is 487 g/mol. The zero-order valence-corrected chi connectivity index (χ0v) is 21.6. The largest absolute Gasteiger partial charge is 0.491 e. The molecule has 7 nitrogen and oxygen atoms in total. The van der Waals surface area contributed by atoms with E-state index in [0.717, 1.165) is 30.6 Å². The van der Waals surface area contributed by atoms with Crippen LogP contribution in [0.25, 0.3) is 0 Å². The van der Waals surface area contributed by atoms with Crippen LogP contribution >= 0.6 is 0 Å². The molecule has 0 radical (unpaired) electrons. The van der Waals surface area contributed by atoms with E-state index in [4.69, 9.17) is 18.9 Å². The quantitative estimate of drug-likeness (QED) is 0.193. The van der Waals surface area contributed by atoms with E-state index >= 15 is 0 Å². The number of nitrogens with zero attached hydrogens (tertiary/aromatic N) is 1. The number of urea groups is 1. The Morgan fingerprint density at radius 3 is 2.37 bits per heavy atom. The van der Waals surface area contributed by atoms with Crippen LogP contribution in [0.15, 0.2) is 48.5 Å². The molecule has 0 bridgehead atoms. The Labute approximate surface area is 210 Å². The summed E-state index contributed by atoms with van der Waals surface area (Å²) in [5, 5.41) is 3.06. The molecule has 2 aromatic rings. The van der Waals surface area contributed by atoms with Crippen molar-refractivity contribution in [2.45, 2.75) is 58.9 Å². The van der Waals surface area contributed by atoms with Gasteiger partial charge in [-0.3, -0.25) is 0 Å². The van der Waals surface area contributed by atoms with Crippen LogP contribution < -0.4 is 14.8 Å². The molecule has 2 rings (SSSR count). The van der Waals surface area contributed by atoms with E-state index in [2.05, 4.69) is 19.2 Å². The molecule has 0 aliphatic rings. The molecular formula is C28H42N2O5. The second-order valence-corrected chi connectivity index (χ2v) is 8.42. The molecule has 0 saturated heterocycles. The van der Waals surface area contributed by atoms with Crippen LogP contribution in [-0.2, 0) is 16.0 Å². The fourth-order valence-corrected chi connectivity index (χ4v) is 3.48. The Hall–Kier alpha value is -2.77. The molecular weight excluding hydrogens is 444 g/mol. The van der Waals surface area contributed by atoms with E-state index in [1.807, 2.05) is 53.4 Å². The van der Waals surface area contributed by atoms with Crippen molar-refractivity contribution >= 4 is 11.7 Å². The first-order valence-electron chi connectivity index (χ1n) is 12.7. The second kappa shape index (κ2) is 17.6. The van der Waals surface area contributed by atoms with Gasteiger partial charge in [0.05, 0.1) is 25.5 Å². The number of hydrogen-bond donors (Lipinski definition) is 1. The Balaban J connectivity index is 1.99. The van der Waals surface area contributed by atoms with Crippen molar-refractivity contribution in [1.29, 1.82) is 0 Å². The van der Waals surface area contributed by atoms with Crippen LogP contribution in [0.3, 0.4) is 0 Å². The lowest BCUT2D eigenvalue weighted by molar-refractivity contribution is -0.00847. The summed E-state index contributed by atoms with van der Waals surface area (Å²) in [5.41, 5.74) is 1.73. The van der Waals surface area contributed by atoms with E-state index in [1.54, 1.807) is 7.11 Å². The summed E-state index contributed by atoms with van der Waals surface area (Å²) in [6, 6.07) is 15.2. The molecule has 0 aliphatic carbocycles. The van der Waals surface area contributed by atoms with Crippen molar-refractivity contribution < 1.29 is 23.7 Å². The number of amides is 2. The lowest BCUT2D eigenvalue weighted by atomic mass is 10.1. The highest BCUT2D eigenvalue weighted by Gasteiger charge is 2.16. The van der Waals surface area contributed by atoms with Gasteiger partial charge in [0.2, 0.25) is 0 Å². The predicted molar refractivity (Wildman–Crippen MR) is 140 cm³/mol. The Kier molecular flexibility index (Phi) is 14.3. The van der Waals surface area contributed by atoms with E-state index in [-0.39, 0.29) is 12.8 Å². The molecule has 0 aliphatic heterocycles. The van der Waals surface area contributed by atoms with Crippen molar-refractivity contribution in [2.75, 3.05) is 45.6 Å². The first-order chi connectivity index (χ1) is 17.2. The molecule has 0 saturated carbocycles. The van der Waals surface area contributed by atoms with Gasteiger partial charge in [-0.25, -0.2) is 4.79 Å². The summed E-state index contributed by atoms with van der Waals surface area (Å²) in [4.78, 5) is 15.1. The zero-order chi connectivity index (χ0) is 25.1. The predicted octanol–water partition coefficient (Wildman–Crippen LogP) is 6.48. The molecule has 0 heterocycles. The first kappa shape index (κ1) is 28.5. The van der Waals surface area contributed by atoms with Gasteiger partial charge in [0, 0.05) is 20.2 Å². The average Bonchev–Trinajstić information content (AvgIpc) is 2.88. The normalized spacial score (nSPS) is 10.7. The van der Waals surface area contributed by atoms with Gasteiger partial charge < -0.3 is 29.2 Å². The number of carbonyl (C=O) groups is 1. The lowest BCUT2D eigenvalue weighted by Gasteiger charge is -2.24. The lowest BCUT2D eigenvalue weighted by Crippen LogP contribution is -2.35. The van der Waals surface area contributed by atoms with Crippen molar-refractivity contribution in [1.82, 2.24) is 4.90 Å². The second-order valence-electron chi connectivity index (χ2n) is 8.42. The monoisotopic (exact) mass is 486 g/mol. The fourth-order valence-electron chi connectivity index (χ4n) is 3.48. The smallest absolute Gasteiger partial charge is 0.322 e. The van der Waals surface area contributed by atoms with Crippen LogP contribution in [-0.4, -0.2) is 51.2 Å². The number of methoxy groups -OCH3 is 1. The number of para-hydroxylation sites is 2. The maximum Gasteiger partial charge on any atom is 0.322 e.